The van der Waals surface area contributed by atoms with Crippen molar-refractivity contribution in [1.82, 2.24) is 10.4 Å². The summed E-state index contributed by atoms with van der Waals surface area (Å²) >= 11 is 5.00. The molecule has 13 nitrogen and oxygen atoms in total. The number of rotatable bonds is 9. The van der Waals surface area contributed by atoms with Crippen LogP contribution in [0.3, 0.4) is 0 Å². The van der Waals surface area contributed by atoms with Crippen LogP contribution in [-0.4, -0.2) is 71.2 Å². The molecule has 0 spiro atoms. The Labute approximate surface area is 192 Å². The number of ether oxygens (including phenoxy) is 4. The molecular weight excluding hydrogens is 469 g/mol. The van der Waals surface area contributed by atoms with Gasteiger partial charge in [0, 0.05) is 13.3 Å². The molecule has 0 aromatic carbocycles. The predicted molar refractivity (Wildman–Crippen MR) is 107 cm³/mol. The second-order valence-corrected chi connectivity index (χ2v) is 7.16. The summed E-state index contributed by atoms with van der Waals surface area (Å²) < 4.78 is 31.9. The van der Waals surface area contributed by atoms with Crippen LogP contribution in [0.4, 0.5) is 9.18 Å². The van der Waals surface area contributed by atoms with Gasteiger partial charge in [-0.15, -0.1) is 0 Å². The first-order valence-electron chi connectivity index (χ1n) is 9.65. The van der Waals surface area contributed by atoms with Gasteiger partial charge in [0.15, 0.2) is 0 Å². The first kappa shape index (κ1) is 25.9. The van der Waals surface area contributed by atoms with Gasteiger partial charge in [0.1, 0.15) is 18.6 Å². The van der Waals surface area contributed by atoms with Crippen molar-refractivity contribution in [1.29, 1.82) is 0 Å². The molecule has 2 aliphatic heterocycles. The standard InChI is InChI=1S/C18H22FN3O10S/c1-3-28-17(27)31-9(2)30-16(26)18(6-4-12(23)32-18)22-15(25)11(8-29-22)21-14(33)10(5-7-19)13(20)24/h5,7,9-11H,3-4,6,8H2,1-2H3,(H2,20,24)(H,21,33)/t9?,10?,11-,18?/m0/s1. The van der Waals surface area contributed by atoms with Crippen LogP contribution in [-0.2, 0) is 43.0 Å². The van der Waals surface area contributed by atoms with E-state index in [1.807, 2.05) is 0 Å². The van der Waals surface area contributed by atoms with E-state index in [1.165, 1.54) is 13.8 Å². The average Bonchev–Trinajstić information content (AvgIpc) is 3.29. The van der Waals surface area contributed by atoms with Crippen molar-refractivity contribution in [2.75, 3.05) is 13.2 Å². The quantitative estimate of drug-likeness (QED) is 0.187. The van der Waals surface area contributed by atoms with E-state index in [0.29, 0.717) is 5.06 Å². The Morgan fingerprint density at radius 1 is 1.39 bits per heavy atom. The van der Waals surface area contributed by atoms with Crippen LogP contribution >= 0.6 is 12.2 Å². The number of carbonyl (C=O) groups is 5. The first-order valence-corrected chi connectivity index (χ1v) is 10.1. The largest absolute Gasteiger partial charge is 0.511 e. The second-order valence-electron chi connectivity index (χ2n) is 6.72. The highest BCUT2D eigenvalue weighted by molar-refractivity contribution is 7.80. The molecule has 0 aromatic heterocycles. The molecule has 2 fully saturated rings. The monoisotopic (exact) mass is 491 g/mol. The minimum absolute atomic E-state index is 0.0190. The molecule has 0 aromatic rings. The molecule has 4 atom stereocenters. The molecule has 0 saturated carbocycles. The van der Waals surface area contributed by atoms with Gasteiger partial charge >= 0.3 is 23.8 Å². The van der Waals surface area contributed by atoms with Crippen molar-refractivity contribution in [3.05, 3.63) is 12.4 Å². The Balaban J connectivity index is 2.15. The van der Waals surface area contributed by atoms with Crippen LogP contribution in [0.5, 0.6) is 0 Å². The molecule has 2 aliphatic rings. The van der Waals surface area contributed by atoms with Crippen molar-refractivity contribution in [2.24, 2.45) is 11.7 Å². The number of amides is 2. The molecule has 0 bridgehead atoms. The number of halogens is 1. The molecule has 2 rings (SSSR count). The molecule has 182 valence electrons. The summed E-state index contributed by atoms with van der Waals surface area (Å²) in [6.45, 7) is 2.38. The number of hydrogen-bond acceptors (Lipinski definition) is 11. The Hall–Kier alpha value is -3.33. The summed E-state index contributed by atoms with van der Waals surface area (Å²) in [4.78, 5) is 65.4. The molecule has 0 aliphatic carbocycles. The van der Waals surface area contributed by atoms with Gasteiger partial charge in [-0.05, 0) is 13.0 Å². The Morgan fingerprint density at radius 3 is 2.64 bits per heavy atom. The van der Waals surface area contributed by atoms with Crippen LogP contribution < -0.4 is 11.1 Å². The number of nitrogens with two attached hydrogens (primary N) is 1. The fourth-order valence-corrected chi connectivity index (χ4v) is 3.28. The highest BCUT2D eigenvalue weighted by atomic mass is 32.1. The van der Waals surface area contributed by atoms with Crippen LogP contribution in [0.2, 0.25) is 0 Å². The Kier molecular flexibility index (Phi) is 8.64. The van der Waals surface area contributed by atoms with Crippen molar-refractivity contribution in [2.45, 2.75) is 44.7 Å². The van der Waals surface area contributed by atoms with Crippen LogP contribution in [0.1, 0.15) is 26.7 Å². The van der Waals surface area contributed by atoms with Crippen molar-refractivity contribution in [3.63, 3.8) is 0 Å². The summed E-state index contributed by atoms with van der Waals surface area (Å²) in [7, 11) is 0. The number of cyclic esters (lactones) is 1. The van der Waals surface area contributed by atoms with Gasteiger partial charge < -0.3 is 30.0 Å². The topological polar surface area (TPSA) is 173 Å². The number of nitrogens with zero attached hydrogens (tertiary/aromatic N) is 1. The van der Waals surface area contributed by atoms with E-state index in [4.69, 9.17) is 37.0 Å². The van der Waals surface area contributed by atoms with Crippen molar-refractivity contribution >= 4 is 47.1 Å². The minimum Gasteiger partial charge on any atom is -0.435 e. The van der Waals surface area contributed by atoms with Gasteiger partial charge in [0.05, 0.1) is 24.3 Å². The number of carbonyl (C=O) groups excluding carboxylic acids is 5. The molecule has 3 unspecified atom stereocenters. The van der Waals surface area contributed by atoms with Crippen LogP contribution in [0.15, 0.2) is 12.4 Å². The fourth-order valence-electron chi connectivity index (χ4n) is 2.94. The highest BCUT2D eigenvalue weighted by Crippen LogP contribution is 2.35. The van der Waals surface area contributed by atoms with Gasteiger partial charge in [-0.2, -0.15) is 5.06 Å². The molecule has 3 N–H and O–H groups in total. The fraction of sp³-hybridized carbons (Fsp3) is 0.556. The predicted octanol–water partition coefficient (Wildman–Crippen LogP) is -0.274. The highest BCUT2D eigenvalue weighted by Gasteiger charge is 2.60. The summed E-state index contributed by atoms with van der Waals surface area (Å²) in [6.07, 6.45) is -2.24. The van der Waals surface area contributed by atoms with Crippen molar-refractivity contribution in [3.8, 4) is 0 Å². The lowest BCUT2D eigenvalue weighted by Gasteiger charge is -2.33. The minimum atomic E-state index is -2.29. The summed E-state index contributed by atoms with van der Waals surface area (Å²) in [6, 6.07) is -1.22. The van der Waals surface area contributed by atoms with E-state index in [0.717, 1.165) is 6.08 Å². The van der Waals surface area contributed by atoms with Crippen LogP contribution in [0.25, 0.3) is 0 Å². The van der Waals surface area contributed by atoms with E-state index in [-0.39, 0.29) is 37.4 Å². The van der Waals surface area contributed by atoms with Gasteiger partial charge in [-0.1, -0.05) is 12.2 Å². The summed E-state index contributed by atoms with van der Waals surface area (Å²) in [5, 5.41) is 3.03. The number of primary amides is 1. The summed E-state index contributed by atoms with van der Waals surface area (Å²) in [5.74, 6) is -5.25. The molecule has 0 radical (unpaired) electrons. The van der Waals surface area contributed by atoms with E-state index < -0.39 is 53.9 Å². The molecule has 2 heterocycles. The van der Waals surface area contributed by atoms with Gasteiger partial charge in [-0.3, -0.25) is 19.2 Å². The normalized spacial score (nSPS) is 24.2. The number of hydrogen-bond donors (Lipinski definition) is 2. The lowest BCUT2D eigenvalue weighted by Crippen LogP contribution is -2.58. The third-order valence-corrected chi connectivity index (χ3v) is 4.81. The first-order chi connectivity index (χ1) is 15.5. The van der Waals surface area contributed by atoms with E-state index in [1.54, 1.807) is 0 Å². The van der Waals surface area contributed by atoms with Gasteiger partial charge in [0.2, 0.25) is 12.2 Å². The van der Waals surface area contributed by atoms with E-state index in [2.05, 4.69) is 10.1 Å². The number of esters is 2. The van der Waals surface area contributed by atoms with Crippen molar-refractivity contribution < 1.29 is 52.1 Å². The van der Waals surface area contributed by atoms with E-state index in [9.17, 15) is 28.4 Å². The molecular formula is C18H22FN3O10S. The Bertz CT molecular complexity index is 868. The second kappa shape index (κ2) is 11.0. The van der Waals surface area contributed by atoms with Gasteiger partial charge in [-0.25, -0.2) is 14.0 Å². The SMILES string of the molecule is CCOC(=O)OC(C)OC(=O)C1(N2OC[C@H](NC(=S)C(C=CF)C(N)=O)C2=O)CCC(=O)O1. The smallest absolute Gasteiger partial charge is 0.435 e. The molecule has 15 heteroatoms. The van der Waals surface area contributed by atoms with Crippen LogP contribution in [0, 0.1) is 5.92 Å². The zero-order valence-electron chi connectivity index (χ0n) is 17.6. The average molecular weight is 491 g/mol. The maximum atomic E-state index is 12.9. The lowest BCUT2D eigenvalue weighted by molar-refractivity contribution is -0.265. The number of thiocarbonyl (C=S) groups is 1. The van der Waals surface area contributed by atoms with E-state index >= 15 is 0 Å². The third kappa shape index (κ3) is 5.92. The number of nitrogens with one attached hydrogen (secondary N) is 1. The summed E-state index contributed by atoms with van der Waals surface area (Å²) in [5.41, 5.74) is 2.87. The number of hydroxylamine groups is 2. The lowest BCUT2D eigenvalue weighted by atomic mass is 10.1. The maximum Gasteiger partial charge on any atom is 0.511 e. The third-order valence-electron chi connectivity index (χ3n) is 4.43. The Morgan fingerprint density at radius 2 is 2.09 bits per heavy atom. The molecule has 33 heavy (non-hydrogen) atoms. The molecule has 2 saturated heterocycles. The molecule has 2 amide bonds. The zero-order valence-corrected chi connectivity index (χ0v) is 18.4. The maximum absolute atomic E-state index is 12.9. The zero-order chi connectivity index (χ0) is 24.8. The van der Waals surface area contributed by atoms with Gasteiger partial charge in [0.25, 0.3) is 5.91 Å².